The van der Waals surface area contributed by atoms with Crippen LogP contribution in [0.4, 0.5) is 0 Å². The first-order valence-corrected chi connectivity index (χ1v) is 9.53. The molecule has 0 saturated heterocycles. The van der Waals surface area contributed by atoms with E-state index in [4.69, 9.17) is 0 Å². The number of nitrogens with one attached hydrogen (secondary N) is 3. The van der Waals surface area contributed by atoms with Gasteiger partial charge in [-0.1, -0.05) is 37.8 Å². The lowest BCUT2D eigenvalue weighted by molar-refractivity contribution is 0.0952. The molecule has 0 aliphatic heterocycles. The van der Waals surface area contributed by atoms with Gasteiger partial charge >= 0.3 is 0 Å². The maximum atomic E-state index is 12.2. The third-order valence-electron chi connectivity index (χ3n) is 4.97. The molecule has 3 rings (SSSR count). The Kier molecular flexibility index (Phi) is 8.55. The van der Waals surface area contributed by atoms with E-state index in [2.05, 4.69) is 15.6 Å². The molecule has 0 unspecified atom stereocenters. The highest BCUT2D eigenvalue weighted by Crippen LogP contribution is 2.16. The molecule has 1 aliphatic carbocycles. The summed E-state index contributed by atoms with van der Waals surface area (Å²) in [6, 6.07) is 9.14. The largest absolute Gasteiger partial charge is 0.367 e. The van der Waals surface area contributed by atoms with Crippen LogP contribution in [0.3, 0.4) is 0 Å². The molecule has 3 N–H and O–H groups in total. The Hall–Kier alpha value is -2.11. The smallest absolute Gasteiger partial charge is 0.251 e. The van der Waals surface area contributed by atoms with Crippen LogP contribution in [0.5, 0.6) is 0 Å². The van der Waals surface area contributed by atoms with Crippen molar-refractivity contribution in [2.24, 2.45) is 0 Å². The Morgan fingerprint density at radius 1 is 0.889 bits per heavy atom. The van der Waals surface area contributed by atoms with Crippen LogP contribution in [-0.4, -0.2) is 35.8 Å². The number of ketones is 1. The Bertz CT molecular complexity index is 706. The van der Waals surface area contributed by atoms with Gasteiger partial charge in [0.05, 0.1) is 0 Å². The van der Waals surface area contributed by atoms with Crippen molar-refractivity contribution in [2.45, 2.75) is 44.6 Å². The fourth-order valence-electron chi connectivity index (χ4n) is 3.44. The van der Waals surface area contributed by atoms with Crippen molar-refractivity contribution in [3.63, 3.8) is 0 Å². The molecule has 1 aromatic carbocycles. The fourth-order valence-corrected chi connectivity index (χ4v) is 3.44. The molecule has 5 nitrogen and oxygen atoms in total. The second-order valence-corrected chi connectivity index (χ2v) is 6.90. The van der Waals surface area contributed by atoms with Crippen molar-refractivity contribution in [1.82, 2.24) is 15.6 Å². The van der Waals surface area contributed by atoms with E-state index in [0.29, 0.717) is 29.3 Å². The average molecular weight is 390 g/mol. The van der Waals surface area contributed by atoms with Crippen molar-refractivity contribution in [3.8, 4) is 0 Å². The third-order valence-corrected chi connectivity index (χ3v) is 4.97. The average Bonchev–Trinajstić information content (AvgIpc) is 3.09. The fraction of sp³-hybridized carbons (Fsp3) is 0.429. The molecule has 2 aromatic rings. The Morgan fingerprint density at radius 2 is 1.56 bits per heavy atom. The quantitative estimate of drug-likeness (QED) is 0.384. The molecular formula is C21H28ClN3O2. The highest BCUT2D eigenvalue weighted by atomic mass is 35.5. The van der Waals surface area contributed by atoms with E-state index in [1.54, 1.807) is 42.7 Å². The molecule has 1 aromatic heterocycles. The highest BCUT2D eigenvalue weighted by Gasteiger charge is 2.12. The molecule has 0 radical (unpaired) electrons. The van der Waals surface area contributed by atoms with Crippen LogP contribution in [0.2, 0.25) is 0 Å². The number of aromatic nitrogens is 1. The van der Waals surface area contributed by atoms with Crippen molar-refractivity contribution in [3.05, 3.63) is 59.4 Å². The molecule has 0 bridgehead atoms. The summed E-state index contributed by atoms with van der Waals surface area (Å²) >= 11 is 0. The van der Waals surface area contributed by atoms with E-state index in [0.717, 1.165) is 6.54 Å². The summed E-state index contributed by atoms with van der Waals surface area (Å²) < 4.78 is 0. The molecule has 0 spiro atoms. The number of carbonyl (C=O) groups excluding carboxylic acids is 2. The van der Waals surface area contributed by atoms with E-state index in [1.807, 2.05) is 0 Å². The Morgan fingerprint density at radius 3 is 2.19 bits per heavy atom. The van der Waals surface area contributed by atoms with Gasteiger partial charge in [-0.05, 0) is 31.0 Å². The molecule has 1 fully saturated rings. The van der Waals surface area contributed by atoms with Gasteiger partial charge in [-0.2, -0.15) is 0 Å². The van der Waals surface area contributed by atoms with Crippen LogP contribution >= 0.6 is 12.4 Å². The van der Waals surface area contributed by atoms with Gasteiger partial charge in [-0.3, -0.25) is 9.59 Å². The number of rotatable bonds is 7. The number of carbonyl (C=O) groups is 2. The first-order valence-electron chi connectivity index (χ1n) is 9.53. The van der Waals surface area contributed by atoms with Crippen LogP contribution in [0.25, 0.3) is 0 Å². The molecule has 6 heteroatoms. The van der Waals surface area contributed by atoms with Crippen LogP contribution in [0.1, 0.15) is 64.8 Å². The standard InChI is InChI=1S/C21H27N3O2.ClH/c25-20(18-11-12-22-15-18)16-7-9-17(10-8-16)21(26)24-14-13-23-19-5-3-1-2-4-6-19;/h7-12,15,19,22-23H,1-6,13-14H2,(H,24,26);1H. The first-order chi connectivity index (χ1) is 12.7. The van der Waals surface area contributed by atoms with Crippen LogP contribution in [0, 0.1) is 0 Å². The maximum absolute atomic E-state index is 12.2. The molecule has 1 amide bonds. The van der Waals surface area contributed by atoms with Crippen LogP contribution < -0.4 is 10.6 Å². The van der Waals surface area contributed by atoms with E-state index in [9.17, 15) is 9.59 Å². The number of halogens is 1. The summed E-state index contributed by atoms with van der Waals surface area (Å²) in [6.45, 7) is 1.40. The lowest BCUT2D eigenvalue weighted by Gasteiger charge is -2.16. The number of hydrogen-bond acceptors (Lipinski definition) is 3. The Balaban J connectivity index is 0.00000261. The first kappa shape index (κ1) is 21.2. The van der Waals surface area contributed by atoms with Gasteiger partial charge < -0.3 is 15.6 Å². The number of amides is 1. The van der Waals surface area contributed by atoms with Gasteiger partial charge in [0.15, 0.2) is 5.78 Å². The summed E-state index contributed by atoms with van der Waals surface area (Å²) in [5, 5.41) is 6.48. The summed E-state index contributed by atoms with van der Waals surface area (Å²) in [7, 11) is 0. The lowest BCUT2D eigenvalue weighted by atomic mass is 10.0. The van der Waals surface area contributed by atoms with Gasteiger partial charge in [0.1, 0.15) is 0 Å². The van der Waals surface area contributed by atoms with Gasteiger partial charge in [-0.25, -0.2) is 0 Å². The molecule has 1 heterocycles. The zero-order valence-electron chi connectivity index (χ0n) is 15.5. The second kappa shape index (κ2) is 10.9. The van der Waals surface area contributed by atoms with E-state index in [-0.39, 0.29) is 24.1 Å². The summed E-state index contributed by atoms with van der Waals surface area (Å²) in [5.74, 6) is -0.154. The second-order valence-electron chi connectivity index (χ2n) is 6.90. The summed E-state index contributed by atoms with van der Waals surface area (Å²) in [5.41, 5.74) is 1.77. The van der Waals surface area contributed by atoms with Crippen molar-refractivity contribution >= 4 is 24.1 Å². The number of benzene rings is 1. The molecule has 27 heavy (non-hydrogen) atoms. The van der Waals surface area contributed by atoms with E-state index >= 15 is 0 Å². The molecule has 146 valence electrons. The van der Waals surface area contributed by atoms with Crippen LogP contribution in [0.15, 0.2) is 42.7 Å². The van der Waals surface area contributed by atoms with Gasteiger partial charge in [0.2, 0.25) is 0 Å². The van der Waals surface area contributed by atoms with Gasteiger partial charge in [0.25, 0.3) is 5.91 Å². The minimum atomic E-state index is -0.103. The number of aromatic amines is 1. The van der Waals surface area contributed by atoms with E-state index in [1.165, 1.54) is 38.5 Å². The Labute approximate surface area is 166 Å². The van der Waals surface area contributed by atoms with Crippen LogP contribution in [-0.2, 0) is 0 Å². The SMILES string of the molecule is Cl.O=C(NCCNC1CCCCCC1)c1ccc(C(=O)c2cc[nH]c2)cc1. The summed E-state index contributed by atoms with van der Waals surface area (Å²) in [6.07, 6.45) is 11.2. The minimum absolute atomic E-state index is 0. The number of H-pyrrole nitrogens is 1. The highest BCUT2D eigenvalue weighted by molar-refractivity contribution is 6.09. The molecule has 1 aliphatic rings. The number of hydrogen-bond donors (Lipinski definition) is 3. The van der Waals surface area contributed by atoms with Crippen molar-refractivity contribution in [2.75, 3.05) is 13.1 Å². The van der Waals surface area contributed by atoms with Crippen molar-refractivity contribution in [1.29, 1.82) is 0 Å². The van der Waals surface area contributed by atoms with Gasteiger partial charge in [0, 0.05) is 48.2 Å². The van der Waals surface area contributed by atoms with Crippen molar-refractivity contribution < 1.29 is 9.59 Å². The predicted octanol–water partition coefficient (Wildman–Crippen LogP) is 3.71. The topological polar surface area (TPSA) is 74.0 Å². The molecular weight excluding hydrogens is 362 g/mol. The minimum Gasteiger partial charge on any atom is -0.367 e. The maximum Gasteiger partial charge on any atom is 0.251 e. The predicted molar refractivity (Wildman–Crippen MR) is 110 cm³/mol. The zero-order chi connectivity index (χ0) is 18.2. The third kappa shape index (κ3) is 6.22. The van der Waals surface area contributed by atoms with E-state index < -0.39 is 0 Å². The normalized spacial score (nSPS) is 14.8. The summed E-state index contributed by atoms with van der Waals surface area (Å²) in [4.78, 5) is 27.4. The monoisotopic (exact) mass is 389 g/mol. The molecule has 1 saturated carbocycles. The lowest BCUT2D eigenvalue weighted by Crippen LogP contribution is -2.36. The van der Waals surface area contributed by atoms with Gasteiger partial charge in [-0.15, -0.1) is 12.4 Å². The zero-order valence-corrected chi connectivity index (χ0v) is 16.3. The molecule has 0 atom stereocenters.